The average molecular weight is 238 g/mol. The summed E-state index contributed by atoms with van der Waals surface area (Å²) in [6.07, 6.45) is 0. The second-order valence-corrected chi connectivity index (χ2v) is 3.30. The fourth-order valence-corrected chi connectivity index (χ4v) is 1.32. The molecule has 0 atom stereocenters. The molecule has 17 heavy (non-hydrogen) atoms. The number of carbonyl (C=O) groups is 2. The monoisotopic (exact) mass is 238 g/mol. The summed E-state index contributed by atoms with van der Waals surface area (Å²) < 4.78 is 14.6. The molecule has 0 spiro atoms. The molecule has 1 aromatic rings. The van der Waals surface area contributed by atoms with Crippen molar-refractivity contribution >= 4 is 11.9 Å². The highest BCUT2D eigenvalue weighted by molar-refractivity contribution is 5.89. The first kappa shape index (κ1) is 13.0. The Balaban J connectivity index is 2.97. The van der Waals surface area contributed by atoms with Gasteiger partial charge >= 0.3 is 11.9 Å². The van der Waals surface area contributed by atoms with Crippen LogP contribution in [0.2, 0.25) is 0 Å². The van der Waals surface area contributed by atoms with Crippen LogP contribution in [0.4, 0.5) is 0 Å². The molecule has 0 unspecified atom stereocenters. The molecule has 0 saturated carbocycles. The predicted octanol–water partition coefficient (Wildman–Crippen LogP) is 1.54. The Morgan fingerprint density at radius 3 is 2.47 bits per heavy atom. The van der Waals surface area contributed by atoms with Crippen LogP contribution in [0.3, 0.4) is 0 Å². The lowest BCUT2D eigenvalue weighted by atomic mass is 10.1. The number of esters is 2. The van der Waals surface area contributed by atoms with Crippen LogP contribution in [0.15, 0.2) is 18.2 Å². The highest BCUT2D eigenvalue weighted by atomic mass is 16.5. The number of methoxy groups -OCH3 is 2. The third kappa shape index (κ3) is 3.48. The van der Waals surface area contributed by atoms with Gasteiger partial charge in [-0.1, -0.05) is 0 Å². The number of hydrogen-bond donors (Lipinski definition) is 0. The Morgan fingerprint density at radius 2 is 1.94 bits per heavy atom. The van der Waals surface area contributed by atoms with Gasteiger partial charge in [-0.25, -0.2) is 4.79 Å². The SMILES string of the molecule is COC(=O)c1ccc(OC)c(COC(C)=O)c1. The zero-order chi connectivity index (χ0) is 12.8. The molecule has 5 heteroatoms. The average Bonchev–Trinajstić information content (AvgIpc) is 2.34. The summed E-state index contributed by atoms with van der Waals surface area (Å²) in [4.78, 5) is 22.1. The number of hydrogen-bond acceptors (Lipinski definition) is 5. The van der Waals surface area contributed by atoms with Gasteiger partial charge in [0.05, 0.1) is 19.8 Å². The molecule has 0 bridgehead atoms. The smallest absolute Gasteiger partial charge is 0.337 e. The van der Waals surface area contributed by atoms with Crippen molar-refractivity contribution in [1.29, 1.82) is 0 Å². The standard InChI is InChI=1S/C12H14O5/c1-8(13)17-7-10-6-9(12(14)16-3)4-5-11(10)15-2/h4-6H,7H2,1-3H3. The van der Waals surface area contributed by atoms with Crippen LogP contribution >= 0.6 is 0 Å². The summed E-state index contributed by atoms with van der Waals surface area (Å²) >= 11 is 0. The minimum Gasteiger partial charge on any atom is -0.496 e. The zero-order valence-corrected chi connectivity index (χ0v) is 9.98. The topological polar surface area (TPSA) is 61.8 Å². The molecule has 0 radical (unpaired) electrons. The minimum atomic E-state index is -0.447. The molecule has 0 aliphatic carbocycles. The normalized spacial score (nSPS) is 9.59. The molecular weight excluding hydrogens is 224 g/mol. The van der Waals surface area contributed by atoms with Gasteiger partial charge in [0.1, 0.15) is 12.4 Å². The van der Waals surface area contributed by atoms with Crippen molar-refractivity contribution in [1.82, 2.24) is 0 Å². The van der Waals surface area contributed by atoms with Crippen molar-refractivity contribution in [2.45, 2.75) is 13.5 Å². The van der Waals surface area contributed by atoms with Gasteiger partial charge in [-0.15, -0.1) is 0 Å². The van der Waals surface area contributed by atoms with Gasteiger partial charge < -0.3 is 14.2 Å². The van der Waals surface area contributed by atoms with E-state index in [4.69, 9.17) is 9.47 Å². The molecule has 0 heterocycles. The zero-order valence-electron chi connectivity index (χ0n) is 9.98. The van der Waals surface area contributed by atoms with Crippen molar-refractivity contribution in [2.24, 2.45) is 0 Å². The van der Waals surface area contributed by atoms with Gasteiger partial charge in [0.15, 0.2) is 0 Å². The Labute approximate surface area is 99.3 Å². The summed E-state index contributed by atoms with van der Waals surface area (Å²) in [6, 6.07) is 4.79. The molecule has 0 amide bonds. The summed E-state index contributed by atoms with van der Waals surface area (Å²) in [7, 11) is 2.81. The van der Waals surface area contributed by atoms with E-state index >= 15 is 0 Å². The van der Waals surface area contributed by atoms with Crippen LogP contribution < -0.4 is 4.74 Å². The molecule has 92 valence electrons. The third-order valence-electron chi connectivity index (χ3n) is 2.13. The van der Waals surface area contributed by atoms with E-state index in [0.29, 0.717) is 16.9 Å². The van der Waals surface area contributed by atoms with Crippen molar-refractivity contribution < 1.29 is 23.8 Å². The first-order valence-electron chi connectivity index (χ1n) is 4.97. The van der Waals surface area contributed by atoms with Gasteiger partial charge in [-0.05, 0) is 18.2 Å². The fraction of sp³-hybridized carbons (Fsp3) is 0.333. The largest absolute Gasteiger partial charge is 0.496 e. The van der Waals surface area contributed by atoms with E-state index < -0.39 is 11.9 Å². The Bertz CT molecular complexity index is 425. The second kappa shape index (κ2) is 5.89. The fourth-order valence-electron chi connectivity index (χ4n) is 1.32. The lowest BCUT2D eigenvalue weighted by Gasteiger charge is -2.09. The maximum atomic E-state index is 11.3. The molecule has 5 nitrogen and oxygen atoms in total. The maximum absolute atomic E-state index is 11.3. The molecule has 0 aliphatic rings. The van der Waals surface area contributed by atoms with Crippen LogP contribution in [0.1, 0.15) is 22.8 Å². The van der Waals surface area contributed by atoms with E-state index in [1.807, 2.05) is 0 Å². The summed E-state index contributed by atoms with van der Waals surface area (Å²) in [5, 5.41) is 0. The van der Waals surface area contributed by atoms with Crippen LogP contribution in [0.25, 0.3) is 0 Å². The summed E-state index contributed by atoms with van der Waals surface area (Å²) in [6.45, 7) is 1.37. The predicted molar refractivity (Wildman–Crippen MR) is 59.8 cm³/mol. The van der Waals surface area contributed by atoms with Gasteiger partial charge in [-0.3, -0.25) is 4.79 Å². The first-order chi connectivity index (χ1) is 8.08. The summed E-state index contributed by atoms with van der Waals surface area (Å²) in [5.74, 6) is -0.286. The van der Waals surface area contributed by atoms with E-state index in [1.54, 1.807) is 18.2 Å². The lowest BCUT2D eigenvalue weighted by Crippen LogP contribution is -2.05. The van der Waals surface area contributed by atoms with E-state index in [1.165, 1.54) is 21.1 Å². The molecule has 0 aliphatic heterocycles. The van der Waals surface area contributed by atoms with E-state index in [-0.39, 0.29) is 6.61 Å². The number of rotatable bonds is 4. The highest BCUT2D eigenvalue weighted by Crippen LogP contribution is 2.21. The van der Waals surface area contributed by atoms with Crippen molar-refractivity contribution in [3.63, 3.8) is 0 Å². The molecule has 0 N–H and O–H groups in total. The first-order valence-corrected chi connectivity index (χ1v) is 4.97. The second-order valence-electron chi connectivity index (χ2n) is 3.30. The third-order valence-corrected chi connectivity index (χ3v) is 2.13. The molecule has 1 rings (SSSR count). The minimum absolute atomic E-state index is 0.0589. The van der Waals surface area contributed by atoms with Crippen LogP contribution in [-0.2, 0) is 20.9 Å². The Morgan fingerprint density at radius 1 is 1.24 bits per heavy atom. The van der Waals surface area contributed by atoms with Gasteiger partial charge in [-0.2, -0.15) is 0 Å². The quantitative estimate of drug-likeness (QED) is 0.744. The van der Waals surface area contributed by atoms with Crippen molar-refractivity contribution in [2.75, 3.05) is 14.2 Å². The maximum Gasteiger partial charge on any atom is 0.337 e. The molecule has 1 aromatic carbocycles. The van der Waals surface area contributed by atoms with Gasteiger partial charge in [0.2, 0.25) is 0 Å². The molecule has 0 saturated heterocycles. The van der Waals surface area contributed by atoms with Crippen molar-refractivity contribution in [3.05, 3.63) is 29.3 Å². The van der Waals surface area contributed by atoms with Crippen molar-refractivity contribution in [3.8, 4) is 5.75 Å². The van der Waals surface area contributed by atoms with E-state index in [9.17, 15) is 9.59 Å². The number of benzene rings is 1. The summed E-state index contributed by atoms with van der Waals surface area (Å²) in [5.41, 5.74) is 1.00. The Kier molecular flexibility index (Phi) is 4.51. The van der Waals surface area contributed by atoms with Crippen LogP contribution in [0, 0.1) is 0 Å². The highest BCUT2D eigenvalue weighted by Gasteiger charge is 2.11. The molecule has 0 fully saturated rings. The van der Waals surface area contributed by atoms with Crippen LogP contribution in [0.5, 0.6) is 5.75 Å². The Hall–Kier alpha value is -2.04. The number of carbonyl (C=O) groups excluding carboxylic acids is 2. The molecule has 0 aromatic heterocycles. The van der Waals surface area contributed by atoms with E-state index in [0.717, 1.165) is 0 Å². The van der Waals surface area contributed by atoms with E-state index in [2.05, 4.69) is 4.74 Å². The molecular formula is C12H14O5. The van der Waals surface area contributed by atoms with Gasteiger partial charge in [0, 0.05) is 12.5 Å². The lowest BCUT2D eigenvalue weighted by molar-refractivity contribution is -0.142. The van der Waals surface area contributed by atoms with Crippen LogP contribution in [-0.4, -0.2) is 26.2 Å². The number of ether oxygens (including phenoxy) is 3. The van der Waals surface area contributed by atoms with Gasteiger partial charge in [0.25, 0.3) is 0 Å².